The monoisotopic (exact) mass is 374 g/mol. The summed E-state index contributed by atoms with van der Waals surface area (Å²) < 4.78 is 1.79. The van der Waals surface area contributed by atoms with Gasteiger partial charge in [0.1, 0.15) is 0 Å². The highest BCUT2D eigenvalue weighted by atomic mass is 16.1. The number of rotatable bonds is 6. The zero-order valence-electron chi connectivity index (χ0n) is 16.3. The van der Waals surface area contributed by atoms with Gasteiger partial charge in [0.2, 0.25) is 0 Å². The molecule has 1 aliphatic rings. The van der Waals surface area contributed by atoms with E-state index in [1.165, 1.54) is 31.5 Å². The van der Waals surface area contributed by atoms with Crippen molar-refractivity contribution in [2.24, 2.45) is 0 Å². The van der Waals surface area contributed by atoms with Crippen LogP contribution in [0.1, 0.15) is 40.2 Å². The van der Waals surface area contributed by atoms with Crippen LogP contribution in [-0.2, 0) is 13.1 Å². The molecule has 2 aromatic carbocycles. The summed E-state index contributed by atoms with van der Waals surface area (Å²) in [5, 5.41) is 7.44. The van der Waals surface area contributed by atoms with Crippen molar-refractivity contribution in [1.82, 2.24) is 20.0 Å². The summed E-state index contributed by atoms with van der Waals surface area (Å²) in [5.41, 5.74) is 4.74. The van der Waals surface area contributed by atoms with Gasteiger partial charge < -0.3 is 5.32 Å². The highest BCUT2D eigenvalue weighted by molar-refractivity contribution is 5.92. The van der Waals surface area contributed by atoms with Crippen molar-refractivity contribution in [3.63, 3.8) is 0 Å². The third-order valence-electron chi connectivity index (χ3n) is 5.20. The largest absolute Gasteiger partial charge is 0.347 e. The van der Waals surface area contributed by atoms with Gasteiger partial charge in [0.15, 0.2) is 5.69 Å². The Morgan fingerprint density at radius 3 is 2.39 bits per heavy atom. The lowest BCUT2D eigenvalue weighted by atomic mass is 10.1. The van der Waals surface area contributed by atoms with E-state index >= 15 is 0 Å². The molecule has 0 radical (unpaired) electrons. The molecule has 3 aromatic rings. The molecule has 0 bridgehead atoms. The lowest BCUT2D eigenvalue weighted by Gasteiger charge is -2.14. The number of likely N-dealkylation sites (tertiary alicyclic amines) is 1. The molecule has 1 saturated heterocycles. The van der Waals surface area contributed by atoms with E-state index in [4.69, 9.17) is 0 Å². The van der Waals surface area contributed by atoms with Crippen molar-refractivity contribution in [1.29, 1.82) is 0 Å². The Balaban J connectivity index is 1.35. The number of nitrogens with one attached hydrogen (secondary N) is 1. The van der Waals surface area contributed by atoms with Gasteiger partial charge in [-0.2, -0.15) is 5.10 Å². The molecule has 28 heavy (non-hydrogen) atoms. The minimum atomic E-state index is -0.154. The number of carbonyl (C=O) groups excluding carboxylic acids is 1. The Bertz CT molecular complexity index is 925. The van der Waals surface area contributed by atoms with E-state index < -0.39 is 0 Å². The molecule has 1 fully saturated rings. The van der Waals surface area contributed by atoms with E-state index in [1.807, 2.05) is 43.3 Å². The molecule has 0 atom stereocenters. The maximum Gasteiger partial charge on any atom is 0.272 e. The third-order valence-corrected chi connectivity index (χ3v) is 5.20. The van der Waals surface area contributed by atoms with Crippen molar-refractivity contribution in [2.75, 3.05) is 13.1 Å². The van der Waals surface area contributed by atoms with E-state index in [9.17, 15) is 4.79 Å². The summed E-state index contributed by atoms with van der Waals surface area (Å²) in [6.07, 6.45) is 2.62. The van der Waals surface area contributed by atoms with Crippen LogP contribution in [0.2, 0.25) is 0 Å². The molecule has 4 rings (SSSR count). The summed E-state index contributed by atoms with van der Waals surface area (Å²) in [6.45, 7) is 5.87. The molecule has 1 aliphatic heterocycles. The SMILES string of the molecule is Cc1cc(C(=O)NCc2ccc(CN3CCCC3)cc2)nn1-c1ccccc1. The first-order valence-electron chi connectivity index (χ1n) is 9.89. The van der Waals surface area contributed by atoms with Gasteiger partial charge >= 0.3 is 0 Å². The molecule has 1 N–H and O–H groups in total. The van der Waals surface area contributed by atoms with Crippen molar-refractivity contribution >= 4 is 5.91 Å². The molecule has 2 heterocycles. The smallest absolute Gasteiger partial charge is 0.272 e. The Hall–Kier alpha value is -2.92. The van der Waals surface area contributed by atoms with Gasteiger partial charge in [0.25, 0.3) is 5.91 Å². The van der Waals surface area contributed by atoms with Crippen LogP contribution in [-0.4, -0.2) is 33.7 Å². The van der Waals surface area contributed by atoms with Gasteiger partial charge in [0, 0.05) is 18.8 Å². The zero-order valence-corrected chi connectivity index (χ0v) is 16.3. The van der Waals surface area contributed by atoms with E-state index in [1.54, 1.807) is 4.68 Å². The van der Waals surface area contributed by atoms with Crippen molar-refractivity contribution < 1.29 is 4.79 Å². The summed E-state index contributed by atoms with van der Waals surface area (Å²) in [6, 6.07) is 20.2. The first-order chi connectivity index (χ1) is 13.7. The van der Waals surface area contributed by atoms with Crippen LogP contribution < -0.4 is 5.32 Å². The maximum absolute atomic E-state index is 12.5. The second-order valence-corrected chi connectivity index (χ2v) is 7.40. The molecule has 0 unspecified atom stereocenters. The number of benzene rings is 2. The average Bonchev–Trinajstić information content (AvgIpc) is 3.37. The predicted molar refractivity (Wildman–Crippen MR) is 110 cm³/mol. The minimum Gasteiger partial charge on any atom is -0.347 e. The minimum absolute atomic E-state index is 0.154. The Labute approximate surface area is 166 Å². The van der Waals surface area contributed by atoms with E-state index in [0.29, 0.717) is 12.2 Å². The Kier molecular flexibility index (Phi) is 5.53. The van der Waals surface area contributed by atoms with Gasteiger partial charge in [-0.3, -0.25) is 9.69 Å². The molecular formula is C23H26N4O. The predicted octanol–water partition coefficient (Wildman–Crippen LogP) is 3.71. The molecule has 0 aliphatic carbocycles. The second kappa shape index (κ2) is 8.40. The highest BCUT2D eigenvalue weighted by Crippen LogP contribution is 2.14. The molecule has 144 valence electrons. The summed E-state index contributed by atoms with van der Waals surface area (Å²) in [7, 11) is 0. The normalized spacial score (nSPS) is 14.3. The van der Waals surface area contributed by atoms with Gasteiger partial charge in [-0.25, -0.2) is 4.68 Å². The molecular weight excluding hydrogens is 348 g/mol. The Morgan fingerprint density at radius 1 is 1.00 bits per heavy atom. The Morgan fingerprint density at radius 2 is 1.68 bits per heavy atom. The van der Waals surface area contributed by atoms with Gasteiger partial charge in [-0.05, 0) is 62.2 Å². The fraction of sp³-hybridized carbons (Fsp3) is 0.304. The van der Waals surface area contributed by atoms with Crippen LogP contribution in [0.4, 0.5) is 0 Å². The van der Waals surface area contributed by atoms with Crippen molar-refractivity contribution in [2.45, 2.75) is 32.9 Å². The fourth-order valence-corrected chi connectivity index (χ4v) is 3.65. The number of hydrogen-bond donors (Lipinski definition) is 1. The standard InChI is InChI=1S/C23H26N4O/c1-18-15-22(25-27(18)21-7-3-2-4-8-21)23(28)24-16-19-9-11-20(12-10-19)17-26-13-5-6-14-26/h2-4,7-12,15H,5-6,13-14,16-17H2,1H3,(H,24,28). The van der Waals surface area contributed by atoms with Crippen molar-refractivity contribution in [3.8, 4) is 5.69 Å². The van der Waals surface area contributed by atoms with E-state index in [0.717, 1.165) is 23.5 Å². The van der Waals surface area contributed by atoms with Crippen molar-refractivity contribution in [3.05, 3.63) is 83.2 Å². The molecule has 5 heteroatoms. The number of para-hydroxylation sites is 1. The maximum atomic E-state index is 12.5. The van der Waals surface area contributed by atoms with Crippen LogP contribution in [0.25, 0.3) is 5.69 Å². The van der Waals surface area contributed by atoms with E-state index in [2.05, 4.69) is 39.6 Å². The van der Waals surface area contributed by atoms with Crippen LogP contribution >= 0.6 is 0 Å². The number of carbonyl (C=O) groups is 1. The number of aryl methyl sites for hydroxylation is 1. The number of amides is 1. The lowest BCUT2D eigenvalue weighted by Crippen LogP contribution is -2.23. The van der Waals surface area contributed by atoms with Crippen LogP contribution in [0.5, 0.6) is 0 Å². The summed E-state index contributed by atoms with van der Waals surface area (Å²) in [5.74, 6) is -0.154. The van der Waals surface area contributed by atoms with Gasteiger partial charge in [-0.1, -0.05) is 42.5 Å². The molecule has 0 saturated carbocycles. The zero-order chi connectivity index (χ0) is 19.3. The van der Waals surface area contributed by atoms with Crippen LogP contribution in [0.3, 0.4) is 0 Å². The molecule has 5 nitrogen and oxygen atoms in total. The summed E-state index contributed by atoms with van der Waals surface area (Å²) >= 11 is 0. The molecule has 1 aromatic heterocycles. The third kappa shape index (κ3) is 4.31. The number of aromatic nitrogens is 2. The lowest BCUT2D eigenvalue weighted by molar-refractivity contribution is 0.0945. The number of hydrogen-bond acceptors (Lipinski definition) is 3. The molecule has 1 amide bonds. The summed E-state index contributed by atoms with van der Waals surface area (Å²) in [4.78, 5) is 15.0. The van der Waals surface area contributed by atoms with Gasteiger partial charge in [0.05, 0.1) is 5.69 Å². The fourth-order valence-electron chi connectivity index (χ4n) is 3.65. The second-order valence-electron chi connectivity index (χ2n) is 7.40. The van der Waals surface area contributed by atoms with Crippen LogP contribution in [0.15, 0.2) is 60.7 Å². The highest BCUT2D eigenvalue weighted by Gasteiger charge is 2.14. The van der Waals surface area contributed by atoms with Crippen LogP contribution in [0, 0.1) is 6.92 Å². The molecule has 0 spiro atoms. The van der Waals surface area contributed by atoms with Gasteiger partial charge in [-0.15, -0.1) is 0 Å². The van der Waals surface area contributed by atoms with E-state index in [-0.39, 0.29) is 5.91 Å². The first kappa shape index (κ1) is 18.4. The number of nitrogens with zero attached hydrogens (tertiary/aromatic N) is 3. The first-order valence-corrected chi connectivity index (χ1v) is 9.89. The quantitative estimate of drug-likeness (QED) is 0.716. The average molecular weight is 374 g/mol. The topological polar surface area (TPSA) is 50.2 Å².